The molecule has 1 aliphatic heterocycles. The second-order valence-electron chi connectivity index (χ2n) is 7.05. The standard InChI is InChI=1S/C22H19FN4O4S/c1-31-22(30)26-21-24-18(13-5-3-2-4-6-13)20(32-21)25-19(29)14-11-17(28)27(12-14)16-9-7-15(23)8-10-16/h2-10,14H,11-12H2,1H3,(H,25,29)(H,24,26,30). The number of amides is 3. The highest BCUT2D eigenvalue weighted by Gasteiger charge is 2.35. The number of hydrogen-bond donors (Lipinski definition) is 2. The third-order valence-corrected chi connectivity index (χ3v) is 5.83. The fraction of sp³-hybridized carbons (Fsp3) is 0.182. The summed E-state index contributed by atoms with van der Waals surface area (Å²) in [6, 6.07) is 14.8. The Bertz CT molecular complexity index is 1150. The Morgan fingerprint density at radius 1 is 1.12 bits per heavy atom. The number of nitrogens with zero attached hydrogens (tertiary/aromatic N) is 2. The first kappa shape index (κ1) is 21.4. The molecule has 0 bridgehead atoms. The van der Waals surface area contributed by atoms with Crippen molar-refractivity contribution in [2.75, 3.05) is 29.2 Å². The predicted molar refractivity (Wildman–Crippen MR) is 119 cm³/mol. The number of hydrogen-bond acceptors (Lipinski definition) is 6. The Hall–Kier alpha value is -3.79. The van der Waals surface area contributed by atoms with Crippen molar-refractivity contribution in [3.8, 4) is 11.3 Å². The Labute approximate surface area is 187 Å². The molecule has 3 amide bonds. The summed E-state index contributed by atoms with van der Waals surface area (Å²) in [7, 11) is 1.24. The number of methoxy groups -OCH3 is 1. The number of thiazole rings is 1. The van der Waals surface area contributed by atoms with Crippen LogP contribution in [-0.2, 0) is 14.3 Å². The van der Waals surface area contributed by atoms with Crippen LogP contribution < -0.4 is 15.5 Å². The van der Waals surface area contributed by atoms with Crippen LogP contribution in [0.2, 0.25) is 0 Å². The summed E-state index contributed by atoms with van der Waals surface area (Å²) >= 11 is 1.09. The summed E-state index contributed by atoms with van der Waals surface area (Å²) in [5, 5.41) is 6.07. The van der Waals surface area contributed by atoms with Gasteiger partial charge in [0.15, 0.2) is 5.13 Å². The summed E-state index contributed by atoms with van der Waals surface area (Å²) in [5.74, 6) is -1.54. The third kappa shape index (κ3) is 4.59. The molecule has 2 N–H and O–H groups in total. The van der Waals surface area contributed by atoms with Crippen LogP contribution in [0.15, 0.2) is 54.6 Å². The molecular formula is C22H19FN4O4S. The SMILES string of the molecule is COC(=O)Nc1nc(-c2ccccc2)c(NC(=O)C2CC(=O)N(c3ccc(F)cc3)C2)s1. The van der Waals surface area contributed by atoms with Crippen molar-refractivity contribution in [3.05, 3.63) is 60.4 Å². The first-order valence-corrected chi connectivity index (χ1v) is 10.5. The van der Waals surface area contributed by atoms with Gasteiger partial charge in [-0.2, -0.15) is 0 Å². The van der Waals surface area contributed by atoms with Crippen molar-refractivity contribution in [3.63, 3.8) is 0 Å². The lowest BCUT2D eigenvalue weighted by Gasteiger charge is -2.16. The summed E-state index contributed by atoms with van der Waals surface area (Å²) in [5.41, 5.74) is 1.79. The molecule has 164 valence electrons. The predicted octanol–water partition coefficient (Wildman–Crippen LogP) is 4.12. The van der Waals surface area contributed by atoms with Crippen LogP contribution in [-0.4, -0.2) is 36.5 Å². The minimum Gasteiger partial charge on any atom is -0.453 e. The van der Waals surface area contributed by atoms with Gasteiger partial charge in [0, 0.05) is 24.2 Å². The van der Waals surface area contributed by atoms with Crippen LogP contribution in [0.25, 0.3) is 11.3 Å². The molecule has 0 saturated carbocycles. The highest BCUT2D eigenvalue weighted by molar-refractivity contribution is 7.20. The van der Waals surface area contributed by atoms with E-state index in [2.05, 4.69) is 20.4 Å². The van der Waals surface area contributed by atoms with Crippen LogP contribution >= 0.6 is 11.3 Å². The van der Waals surface area contributed by atoms with E-state index in [4.69, 9.17) is 0 Å². The van der Waals surface area contributed by atoms with Crippen molar-refractivity contribution in [2.24, 2.45) is 5.92 Å². The molecule has 0 spiro atoms. The van der Waals surface area contributed by atoms with Crippen LogP contribution in [0.4, 0.5) is 25.0 Å². The molecule has 8 nitrogen and oxygen atoms in total. The highest BCUT2D eigenvalue weighted by atomic mass is 32.1. The lowest BCUT2D eigenvalue weighted by molar-refractivity contribution is -0.122. The smallest absolute Gasteiger partial charge is 0.413 e. The van der Waals surface area contributed by atoms with Crippen LogP contribution in [0.3, 0.4) is 0 Å². The summed E-state index contributed by atoms with van der Waals surface area (Å²) in [6.07, 6.45) is -0.636. The lowest BCUT2D eigenvalue weighted by atomic mass is 10.1. The number of nitrogens with one attached hydrogen (secondary N) is 2. The Kier molecular flexibility index (Phi) is 6.13. The van der Waals surface area contributed by atoms with Crippen molar-refractivity contribution >= 4 is 45.1 Å². The molecule has 1 atom stereocenters. The van der Waals surface area contributed by atoms with Gasteiger partial charge in [-0.25, -0.2) is 14.2 Å². The van der Waals surface area contributed by atoms with E-state index < -0.39 is 17.8 Å². The molecule has 10 heteroatoms. The number of carbonyl (C=O) groups is 3. The van der Waals surface area contributed by atoms with Crippen molar-refractivity contribution < 1.29 is 23.5 Å². The minimum atomic E-state index is -0.674. The van der Waals surface area contributed by atoms with Gasteiger partial charge in [0.1, 0.15) is 16.5 Å². The highest BCUT2D eigenvalue weighted by Crippen LogP contribution is 2.37. The maximum Gasteiger partial charge on any atom is 0.413 e. The lowest BCUT2D eigenvalue weighted by Crippen LogP contribution is -2.28. The molecule has 2 aromatic carbocycles. The largest absolute Gasteiger partial charge is 0.453 e. The summed E-state index contributed by atoms with van der Waals surface area (Å²) in [4.78, 5) is 42.9. The van der Waals surface area contributed by atoms with E-state index in [1.165, 1.54) is 36.3 Å². The monoisotopic (exact) mass is 454 g/mol. The normalized spacial score (nSPS) is 15.5. The zero-order valence-electron chi connectivity index (χ0n) is 17.0. The molecule has 1 unspecified atom stereocenters. The molecule has 1 aromatic heterocycles. The van der Waals surface area contributed by atoms with Gasteiger partial charge < -0.3 is 15.0 Å². The number of anilines is 3. The van der Waals surface area contributed by atoms with Gasteiger partial charge in [-0.1, -0.05) is 41.7 Å². The molecule has 4 rings (SSSR count). The first-order chi connectivity index (χ1) is 15.4. The van der Waals surface area contributed by atoms with Gasteiger partial charge in [-0.05, 0) is 24.3 Å². The van der Waals surface area contributed by atoms with Gasteiger partial charge >= 0.3 is 6.09 Å². The number of rotatable bonds is 5. The van der Waals surface area contributed by atoms with Gasteiger partial charge in [-0.15, -0.1) is 0 Å². The zero-order valence-corrected chi connectivity index (χ0v) is 17.8. The van der Waals surface area contributed by atoms with Crippen molar-refractivity contribution in [2.45, 2.75) is 6.42 Å². The number of aromatic nitrogens is 1. The molecule has 2 heterocycles. The molecule has 3 aromatic rings. The second-order valence-corrected chi connectivity index (χ2v) is 8.05. The molecular weight excluding hydrogens is 435 g/mol. The third-order valence-electron chi connectivity index (χ3n) is 4.94. The van der Waals surface area contributed by atoms with E-state index in [-0.39, 0.29) is 29.9 Å². The number of ether oxygens (including phenoxy) is 1. The zero-order chi connectivity index (χ0) is 22.7. The topological polar surface area (TPSA) is 101 Å². The molecule has 0 radical (unpaired) electrons. The average Bonchev–Trinajstić information content (AvgIpc) is 3.38. The first-order valence-electron chi connectivity index (χ1n) is 9.72. The Balaban J connectivity index is 1.54. The summed E-state index contributed by atoms with van der Waals surface area (Å²) in [6.45, 7) is 0.184. The van der Waals surface area contributed by atoms with E-state index in [1.807, 2.05) is 30.3 Å². The fourth-order valence-electron chi connectivity index (χ4n) is 3.36. The van der Waals surface area contributed by atoms with E-state index in [0.717, 1.165) is 16.9 Å². The van der Waals surface area contributed by atoms with E-state index in [0.29, 0.717) is 16.4 Å². The number of carbonyl (C=O) groups excluding carboxylic acids is 3. The van der Waals surface area contributed by atoms with Crippen molar-refractivity contribution in [1.29, 1.82) is 0 Å². The van der Waals surface area contributed by atoms with Gasteiger partial charge in [0.2, 0.25) is 11.8 Å². The van der Waals surface area contributed by atoms with E-state index in [9.17, 15) is 18.8 Å². The fourth-order valence-corrected chi connectivity index (χ4v) is 4.23. The Morgan fingerprint density at radius 2 is 1.84 bits per heavy atom. The molecule has 1 fully saturated rings. The van der Waals surface area contributed by atoms with Crippen molar-refractivity contribution in [1.82, 2.24) is 4.98 Å². The number of benzene rings is 2. The maximum absolute atomic E-state index is 13.2. The van der Waals surface area contributed by atoms with E-state index in [1.54, 1.807) is 0 Å². The average molecular weight is 454 g/mol. The van der Waals surface area contributed by atoms with Gasteiger partial charge in [-0.3, -0.25) is 14.9 Å². The van der Waals surface area contributed by atoms with Crippen LogP contribution in [0.1, 0.15) is 6.42 Å². The molecule has 1 saturated heterocycles. The van der Waals surface area contributed by atoms with Crippen LogP contribution in [0.5, 0.6) is 0 Å². The maximum atomic E-state index is 13.2. The minimum absolute atomic E-state index is 0.0377. The quantitative estimate of drug-likeness (QED) is 0.604. The number of halogens is 1. The molecule has 0 aliphatic carbocycles. The summed E-state index contributed by atoms with van der Waals surface area (Å²) < 4.78 is 17.8. The molecule has 32 heavy (non-hydrogen) atoms. The van der Waals surface area contributed by atoms with Crippen LogP contribution in [0, 0.1) is 11.7 Å². The van der Waals surface area contributed by atoms with Gasteiger partial charge in [0.25, 0.3) is 0 Å². The van der Waals surface area contributed by atoms with Gasteiger partial charge in [0.05, 0.1) is 13.0 Å². The molecule has 1 aliphatic rings. The second kappa shape index (κ2) is 9.15. The Morgan fingerprint density at radius 3 is 2.53 bits per heavy atom. The van der Waals surface area contributed by atoms with E-state index >= 15 is 0 Å².